The third kappa shape index (κ3) is 2.54. The van der Waals surface area contributed by atoms with Crippen LogP contribution in [0.1, 0.15) is 5.56 Å². The van der Waals surface area contributed by atoms with Gasteiger partial charge in [0.1, 0.15) is 5.15 Å². The van der Waals surface area contributed by atoms with Gasteiger partial charge in [-0.3, -0.25) is 0 Å². The van der Waals surface area contributed by atoms with Gasteiger partial charge in [0.05, 0.1) is 18.1 Å². The normalized spacial score (nSPS) is 10.5. The molecular weight excluding hydrogens is 315 g/mol. The first-order valence-electron chi connectivity index (χ1n) is 5.41. The van der Waals surface area contributed by atoms with Gasteiger partial charge in [0.25, 0.3) is 0 Å². The van der Waals surface area contributed by atoms with E-state index in [0.717, 1.165) is 6.07 Å². The fourth-order valence-corrected chi connectivity index (χ4v) is 1.89. The molecule has 0 aliphatic carbocycles. The molecule has 0 unspecified atom stereocenters. The molecule has 0 amide bonds. The Morgan fingerprint density at radius 2 is 1.52 bits per heavy atom. The minimum atomic E-state index is -2.26. The lowest BCUT2D eigenvalue weighted by atomic mass is 10.0. The average molecular weight is 319 g/mol. The number of pyridine rings is 1. The summed E-state index contributed by atoms with van der Waals surface area (Å²) in [6.07, 6.45) is 1.01. The van der Waals surface area contributed by atoms with E-state index in [0.29, 0.717) is 0 Å². The van der Waals surface area contributed by atoms with Gasteiger partial charge in [-0.2, -0.15) is 5.26 Å². The largest absolute Gasteiger partial charge is 0.244 e. The number of nitriles is 1. The maximum atomic E-state index is 13.7. The molecule has 0 radical (unpaired) electrons. The lowest BCUT2D eigenvalue weighted by molar-refractivity contribution is 0.381. The maximum Gasteiger partial charge on any atom is 0.200 e. The van der Waals surface area contributed by atoms with Gasteiger partial charge >= 0.3 is 0 Å². The van der Waals surface area contributed by atoms with Crippen LogP contribution in [0, 0.1) is 40.4 Å². The Hall–Kier alpha value is -2.20. The Labute approximate surface area is 120 Å². The summed E-state index contributed by atoms with van der Waals surface area (Å²) in [5.41, 5.74) is -1.43. The van der Waals surface area contributed by atoms with Crippen molar-refractivity contribution >= 4 is 11.6 Å². The molecule has 1 aromatic carbocycles. The molecule has 1 aromatic heterocycles. The summed E-state index contributed by atoms with van der Waals surface area (Å²) >= 11 is 5.65. The minimum Gasteiger partial charge on any atom is -0.244 e. The summed E-state index contributed by atoms with van der Waals surface area (Å²) < 4.78 is 66.8. The summed E-state index contributed by atoms with van der Waals surface area (Å²) in [7, 11) is 0. The zero-order valence-electron chi connectivity index (χ0n) is 10.0. The third-order valence-electron chi connectivity index (χ3n) is 2.66. The Morgan fingerprint density at radius 1 is 1.00 bits per heavy atom. The molecule has 0 saturated carbocycles. The number of hydrogen-bond acceptors (Lipinski definition) is 2. The van der Waals surface area contributed by atoms with E-state index in [2.05, 4.69) is 4.98 Å². The number of benzene rings is 1. The lowest BCUT2D eigenvalue weighted by Crippen LogP contribution is -2.05. The second-order valence-corrected chi connectivity index (χ2v) is 4.32. The van der Waals surface area contributed by atoms with Gasteiger partial charge in [-0.25, -0.2) is 26.9 Å². The van der Waals surface area contributed by atoms with Crippen LogP contribution in [-0.2, 0) is 6.42 Å². The van der Waals surface area contributed by atoms with Crippen molar-refractivity contribution in [2.75, 3.05) is 0 Å². The summed E-state index contributed by atoms with van der Waals surface area (Å²) in [6.45, 7) is 0. The number of halogens is 6. The monoisotopic (exact) mass is 318 g/mol. The highest BCUT2D eigenvalue weighted by Crippen LogP contribution is 2.35. The topological polar surface area (TPSA) is 36.7 Å². The summed E-state index contributed by atoms with van der Waals surface area (Å²) in [6, 6.07) is 2.82. The Kier molecular flexibility index (Phi) is 4.09. The van der Waals surface area contributed by atoms with Crippen LogP contribution in [0.15, 0.2) is 12.3 Å². The van der Waals surface area contributed by atoms with Crippen LogP contribution in [0.5, 0.6) is 0 Å². The average Bonchev–Trinajstić information content (AvgIpc) is 2.47. The predicted octanol–water partition coefficient (Wildman–Crippen LogP) is 4.16. The van der Waals surface area contributed by atoms with Crippen LogP contribution in [0.25, 0.3) is 11.1 Å². The minimum absolute atomic E-state index is 0.160. The molecule has 0 atom stereocenters. The van der Waals surface area contributed by atoms with E-state index in [1.807, 2.05) is 0 Å². The van der Waals surface area contributed by atoms with Crippen molar-refractivity contribution in [1.82, 2.24) is 4.98 Å². The van der Waals surface area contributed by atoms with Crippen molar-refractivity contribution in [2.24, 2.45) is 0 Å². The molecule has 0 aliphatic rings. The molecule has 0 aliphatic heterocycles. The number of hydrogen-bond donors (Lipinski definition) is 0. The molecule has 0 bridgehead atoms. The predicted molar refractivity (Wildman–Crippen MR) is 63.8 cm³/mol. The molecular formula is C13H4ClF5N2. The van der Waals surface area contributed by atoms with Gasteiger partial charge in [0.15, 0.2) is 23.3 Å². The van der Waals surface area contributed by atoms with E-state index >= 15 is 0 Å². The van der Waals surface area contributed by atoms with Crippen LogP contribution >= 0.6 is 11.6 Å². The SMILES string of the molecule is N#CCc1cnc(Cl)c(-c2c(F)c(F)c(F)c(F)c2F)c1. The highest BCUT2D eigenvalue weighted by Gasteiger charge is 2.28. The van der Waals surface area contributed by atoms with Gasteiger partial charge in [-0.05, 0) is 11.6 Å². The first kappa shape index (κ1) is 15.2. The smallest absolute Gasteiger partial charge is 0.200 e. The zero-order chi connectivity index (χ0) is 15.7. The fraction of sp³-hybridized carbons (Fsp3) is 0.0769. The molecule has 108 valence electrons. The van der Waals surface area contributed by atoms with E-state index < -0.39 is 45.4 Å². The van der Waals surface area contributed by atoms with Gasteiger partial charge < -0.3 is 0 Å². The Morgan fingerprint density at radius 3 is 2.05 bits per heavy atom. The van der Waals surface area contributed by atoms with Gasteiger partial charge in [0, 0.05) is 11.8 Å². The third-order valence-corrected chi connectivity index (χ3v) is 2.96. The molecule has 8 heteroatoms. The van der Waals surface area contributed by atoms with Crippen molar-refractivity contribution < 1.29 is 22.0 Å². The quantitative estimate of drug-likeness (QED) is 0.361. The van der Waals surface area contributed by atoms with Crippen LogP contribution in [0.2, 0.25) is 5.15 Å². The van der Waals surface area contributed by atoms with Crippen LogP contribution in [-0.4, -0.2) is 4.98 Å². The molecule has 2 aromatic rings. The first-order valence-corrected chi connectivity index (χ1v) is 5.79. The van der Waals surface area contributed by atoms with Crippen molar-refractivity contribution in [3.05, 3.63) is 52.1 Å². The van der Waals surface area contributed by atoms with E-state index in [9.17, 15) is 22.0 Å². The fourth-order valence-electron chi connectivity index (χ4n) is 1.70. The number of nitrogens with zero attached hydrogens (tertiary/aromatic N) is 2. The van der Waals surface area contributed by atoms with Gasteiger partial charge in [-0.1, -0.05) is 11.6 Å². The maximum absolute atomic E-state index is 13.7. The molecule has 0 N–H and O–H groups in total. The number of rotatable bonds is 2. The Bertz CT molecular complexity index is 741. The molecule has 1 heterocycles. The van der Waals surface area contributed by atoms with Crippen LogP contribution in [0.3, 0.4) is 0 Å². The number of aromatic nitrogens is 1. The van der Waals surface area contributed by atoms with Crippen LogP contribution < -0.4 is 0 Å². The van der Waals surface area contributed by atoms with Gasteiger partial charge in [0.2, 0.25) is 5.82 Å². The first-order chi connectivity index (χ1) is 9.88. The van der Waals surface area contributed by atoms with E-state index in [1.54, 1.807) is 6.07 Å². The highest BCUT2D eigenvalue weighted by atomic mass is 35.5. The summed E-state index contributed by atoms with van der Waals surface area (Å²) in [5.74, 6) is -10.4. The van der Waals surface area contributed by atoms with Crippen molar-refractivity contribution in [2.45, 2.75) is 6.42 Å². The standard InChI is InChI=1S/C13H4ClF5N2/c14-13-6(3-5(1-2-20)4-21-13)7-8(15)10(17)12(19)11(18)9(7)16/h3-4H,1H2. The van der Waals surface area contributed by atoms with Crippen molar-refractivity contribution in [3.63, 3.8) is 0 Å². The second kappa shape index (κ2) is 5.66. The summed E-state index contributed by atoms with van der Waals surface area (Å²) in [4.78, 5) is 3.58. The van der Waals surface area contributed by atoms with E-state index in [4.69, 9.17) is 16.9 Å². The van der Waals surface area contributed by atoms with Gasteiger partial charge in [-0.15, -0.1) is 0 Å². The molecule has 2 rings (SSSR count). The highest BCUT2D eigenvalue weighted by molar-refractivity contribution is 6.32. The molecule has 2 nitrogen and oxygen atoms in total. The Balaban J connectivity index is 2.79. The van der Waals surface area contributed by atoms with E-state index in [-0.39, 0.29) is 12.0 Å². The zero-order valence-corrected chi connectivity index (χ0v) is 10.8. The van der Waals surface area contributed by atoms with E-state index in [1.165, 1.54) is 6.20 Å². The van der Waals surface area contributed by atoms with Crippen LogP contribution in [0.4, 0.5) is 22.0 Å². The van der Waals surface area contributed by atoms with Crippen molar-refractivity contribution in [1.29, 1.82) is 5.26 Å². The summed E-state index contributed by atoms with van der Waals surface area (Å²) in [5, 5.41) is 8.11. The lowest BCUT2D eigenvalue weighted by Gasteiger charge is -2.10. The second-order valence-electron chi connectivity index (χ2n) is 3.96. The molecule has 0 fully saturated rings. The van der Waals surface area contributed by atoms with Crippen molar-refractivity contribution in [3.8, 4) is 17.2 Å². The molecule has 0 saturated heterocycles. The molecule has 21 heavy (non-hydrogen) atoms. The molecule has 0 spiro atoms.